The molecule has 2 rings (SSSR count). The van der Waals surface area contributed by atoms with Gasteiger partial charge in [0.25, 0.3) is 0 Å². The molecule has 0 aromatic heterocycles. The minimum absolute atomic E-state index is 0.118. The Bertz CT molecular complexity index is 769. The molecular formula is C19H21BrFN3O2. The molecule has 2 aromatic carbocycles. The zero-order valence-electron chi connectivity index (χ0n) is 14.6. The first-order chi connectivity index (χ1) is 12.4. The van der Waals surface area contributed by atoms with Crippen molar-refractivity contribution in [3.05, 3.63) is 64.4 Å². The number of anilines is 1. The van der Waals surface area contributed by atoms with E-state index in [-0.39, 0.29) is 24.2 Å². The third-order valence-corrected chi connectivity index (χ3v) is 4.50. The molecule has 138 valence electrons. The van der Waals surface area contributed by atoms with Crippen LogP contribution >= 0.6 is 15.9 Å². The number of para-hydroxylation sites is 1. The van der Waals surface area contributed by atoms with Crippen LogP contribution in [0.25, 0.3) is 0 Å². The van der Waals surface area contributed by atoms with Crippen molar-refractivity contribution in [2.75, 3.05) is 5.32 Å². The molecule has 1 unspecified atom stereocenters. The first-order valence-corrected chi connectivity index (χ1v) is 9.00. The van der Waals surface area contributed by atoms with Gasteiger partial charge in [-0.3, -0.25) is 4.79 Å². The quantitative estimate of drug-likeness (QED) is 0.658. The Morgan fingerprint density at radius 2 is 1.81 bits per heavy atom. The van der Waals surface area contributed by atoms with E-state index in [0.29, 0.717) is 15.7 Å². The molecule has 0 aliphatic rings. The van der Waals surface area contributed by atoms with Gasteiger partial charge in [-0.05, 0) is 41.8 Å². The summed E-state index contributed by atoms with van der Waals surface area (Å²) in [4.78, 5) is 24.6. The molecule has 3 amide bonds. The van der Waals surface area contributed by atoms with E-state index in [1.54, 1.807) is 30.3 Å². The molecule has 0 aliphatic carbocycles. The first kappa shape index (κ1) is 19.9. The number of hydrogen-bond donors (Lipinski definition) is 3. The van der Waals surface area contributed by atoms with Crippen LogP contribution in [-0.4, -0.2) is 18.0 Å². The van der Waals surface area contributed by atoms with Crippen molar-refractivity contribution in [1.82, 2.24) is 10.6 Å². The summed E-state index contributed by atoms with van der Waals surface area (Å²) in [5, 5.41) is 8.10. The normalized spacial score (nSPS) is 11.7. The van der Waals surface area contributed by atoms with Gasteiger partial charge in [0.1, 0.15) is 11.9 Å². The number of carbonyl (C=O) groups is 2. The summed E-state index contributed by atoms with van der Waals surface area (Å²) in [6.45, 7) is 3.83. The average Bonchev–Trinajstić information content (AvgIpc) is 2.60. The third kappa shape index (κ3) is 5.84. The smallest absolute Gasteiger partial charge is 0.319 e. The molecule has 1 atom stereocenters. The van der Waals surface area contributed by atoms with Crippen LogP contribution in [0.15, 0.2) is 53.0 Å². The van der Waals surface area contributed by atoms with Crippen LogP contribution in [0.1, 0.15) is 19.4 Å². The number of halogens is 2. The Morgan fingerprint density at radius 3 is 2.46 bits per heavy atom. The fourth-order valence-corrected chi connectivity index (χ4v) is 2.72. The lowest BCUT2D eigenvalue weighted by molar-refractivity contribution is -0.124. The maximum absolute atomic E-state index is 13.3. The van der Waals surface area contributed by atoms with Crippen LogP contribution in [0.4, 0.5) is 14.9 Å². The number of urea groups is 1. The van der Waals surface area contributed by atoms with Gasteiger partial charge in [-0.1, -0.05) is 48.0 Å². The average molecular weight is 422 g/mol. The summed E-state index contributed by atoms with van der Waals surface area (Å²) in [6, 6.07) is 12.1. The molecule has 0 spiro atoms. The molecule has 0 saturated heterocycles. The van der Waals surface area contributed by atoms with Gasteiger partial charge in [-0.15, -0.1) is 0 Å². The Kier molecular flexibility index (Phi) is 7.15. The maximum atomic E-state index is 13.3. The van der Waals surface area contributed by atoms with Crippen LogP contribution in [0.2, 0.25) is 0 Å². The van der Waals surface area contributed by atoms with E-state index in [2.05, 4.69) is 31.9 Å². The van der Waals surface area contributed by atoms with Crippen LogP contribution < -0.4 is 16.0 Å². The maximum Gasteiger partial charge on any atom is 0.319 e. The predicted octanol–water partition coefficient (Wildman–Crippen LogP) is 4.05. The fraction of sp³-hybridized carbons (Fsp3) is 0.263. The SMILES string of the molecule is CC(C)C(NC(=O)Nc1ccccc1)C(=O)NCc1cc(F)ccc1Br. The molecule has 0 radical (unpaired) electrons. The van der Waals surface area contributed by atoms with E-state index in [0.717, 1.165) is 0 Å². The Labute approximate surface area is 160 Å². The number of amides is 3. The lowest BCUT2D eigenvalue weighted by Gasteiger charge is -2.22. The first-order valence-electron chi connectivity index (χ1n) is 8.21. The highest BCUT2D eigenvalue weighted by Gasteiger charge is 2.24. The molecule has 3 N–H and O–H groups in total. The summed E-state index contributed by atoms with van der Waals surface area (Å²) in [7, 11) is 0. The van der Waals surface area contributed by atoms with Crippen molar-refractivity contribution >= 4 is 33.6 Å². The molecule has 0 aliphatic heterocycles. The van der Waals surface area contributed by atoms with Gasteiger partial charge in [0.15, 0.2) is 0 Å². The van der Waals surface area contributed by atoms with Gasteiger partial charge in [0.2, 0.25) is 5.91 Å². The molecule has 5 nitrogen and oxygen atoms in total. The van der Waals surface area contributed by atoms with Crippen LogP contribution in [0.5, 0.6) is 0 Å². The minimum Gasteiger partial charge on any atom is -0.350 e. The monoisotopic (exact) mass is 421 g/mol. The molecule has 0 bridgehead atoms. The Morgan fingerprint density at radius 1 is 1.12 bits per heavy atom. The van der Waals surface area contributed by atoms with Gasteiger partial charge in [-0.25, -0.2) is 9.18 Å². The molecule has 0 fully saturated rings. The molecule has 2 aromatic rings. The van der Waals surface area contributed by atoms with Gasteiger partial charge >= 0.3 is 6.03 Å². The topological polar surface area (TPSA) is 70.2 Å². The summed E-state index contributed by atoms with van der Waals surface area (Å²) in [6.07, 6.45) is 0. The number of carbonyl (C=O) groups excluding carboxylic acids is 2. The largest absolute Gasteiger partial charge is 0.350 e. The van der Waals surface area contributed by atoms with Crippen molar-refractivity contribution in [2.45, 2.75) is 26.4 Å². The van der Waals surface area contributed by atoms with E-state index in [9.17, 15) is 14.0 Å². The second-order valence-electron chi connectivity index (χ2n) is 6.14. The summed E-state index contributed by atoms with van der Waals surface area (Å²) < 4.78 is 14.0. The molecule has 0 saturated carbocycles. The summed E-state index contributed by atoms with van der Waals surface area (Å²) in [5.74, 6) is -0.829. The zero-order valence-corrected chi connectivity index (χ0v) is 16.1. The fourth-order valence-electron chi connectivity index (χ4n) is 2.34. The van der Waals surface area contributed by atoms with E-state index in [1.807, 2.05) is 19.9 Å². The van der Waals surface area contributed by atoms with Crippen LogP contribution in [0.3, 0.4) is 0 Å². The van der Waals surface area contributed by atoms with Gasteiger partial charge in [0, 0.05) is 16.7 Å². The Balaban J connectivity index is 1.96. The lowest BCUT2D eigenvalue weighted by Crippen LogP contribution is -2.50. The summed E-state index contributed by atoms with van der Waals surface area (Å²) >= 11 is 3.33. The highest BCUT2D eigenvalue weighted by Crippen LogP contribution is 2.17. The molecular weight excluding hydrogens is 401 g/mol. The predicted molar refractivity (Wildman–Crippen MR) is 103 cm³/mol. The van der Waals surface area contributed by atoms with Crippen molar-refractivity contribution < 1.29 is 14.0 Å². The molecule has 0 heterocycles. The number of benzene rings is 2. The van der Waals surface area contributed by atoms with Crippen molar-refractivity contribution in [1.29, 1.82) is 0 Å². The second-order valence-corrected chi connectivity index (χ2v) is 6.99. The highest BCUT2D eigenvalue weighted by molar-refractivity contribution is 9.10. The standard InChI is InChI=1S/C19H21BrFN3O2/c1-12(2)17(24-19(26)23-15-6-4-3-5-7-15)18(25)22-11-13-10-14(21)8-9-16(13)20/h3-10,12,17H,11H2,1-2H3,(H,22,25)(H2,23,24,26). The van der Waals surface area contributed by atoms with E-state index < -0.39 is 12.1 Å². The van der Waals surface area contributed by atoms with Crippen molar-refractivity contribution in [3.8, 4) is 0 Å². The van der Waals surface area contributed by atoms with Crippen molar-refractivity contribution in [2.24, 2.45) is 5.92 Å². The molecule has 26 heavy (non-hydrogen) atoms. The van der Waals surface area contributed by atoms with Gasteiger partial charge in [-0.2, -0.15) is 0 Å². The van der Waals surface area contributed by atoms with E-state index >= 15 is 0 Å². The van der Waals surface area contributed by atoms with Gasteiger partial charge in [0.05, 0.1) is 0 Å². The Hall–Kier alpha value is -2.41. The van der Waals surface area contributed by atoms with E-state index in [1.165, 1.54) is 12.1 Å². The van der Waals surface area contributed by atoms with Crippen LogP contribution in [0, 0.1) is 11.7 Å². The van der Waals surface area contributed by atoms with E-state index in [4.69, 9.17) is 0 Å². The zero-order chi connectivity index (χ0) is 19.1. The molecule has 7 heteroatoms. The number of nitrogens with one attached hydrogen (secondary N) is 3. The van der Waals surface area contributed by atoms with Gasteiger partial charge < -0.3 is 16.0 Å². The third-order valence-electron chi connectivity index (χ3n) is 3.73. The van der Waals surface area contributed by atoms with Crippen LogP contribution in [-0.2, 0) is 11.3 Å². The summed E-state index contributed by atoms with van der Waals surface area (Å²) in [5.41, 5.74) is 1.26. The second kappa shape index (κ2) is 9.33. The highest BCUT2D eigenvalue weighted by atomic mass is 79.9. The number of hydrogen-bond acceptors (Lipinski definition) is 2. The van der Waals surface area contributed by atoms with Crippen molar-refractivity contribution in [3.63, 3.8) is 0 Å². The number of rotatable bonds is 6. The minimum atomic E-state index is -0.717. The lowest BCUT2D eigenvalue weighted by atomic mass is 10.0.